The van der Waals surface area contributed by atoms with Crippen LogP contribution in [-0.4, -0.2) is 56.3 Å². The molecule has 1 saturated heterocycles. The lowest BCUT2D eigenvalue weighted by Crippen LogP contribution is -2.51. The molecule has 1 aromatic carbocycles. The van der Waals surface area contributed by atoms with E-state index in [2.05, 4.69) is 5.32 Å². The molecular weight excluding hydrogens is 450 g/mol. The number of benzene rings is 1. The van der Waals surface area contributed by atoms with E-state index in [9.17, 15) is 39.6 Å². The summed E-state index contributed by atoms with van der Waals surface area (Å²) in [6, 6.07) is 3.28. The average Bonchev–Trinajstić information content (AvgIpc) is 2.65. The Morgan fingerprint density at radius 1 is 1.06 bits per heavy atom. The van der Waals surface area contributed by atoms with Gasteiger partial charge in [-0.3, -0.25) is 4.79 Å². The molecule has 1 aliphatic heterocycles. The van der Waals surface area contributed by atoms with Gasteiger partial charge in [0.05, 0.1) is 28.2 Å². The lowest BCUT2D eigenvalue weighted by Gasteiger charge is -2.37. The molecule has 1 heterocycles. The fourth-order valence-electron chi connectivity index (χ4n) is 3.83. The van der Waals surface area contributed by atoms with Gasteiger partial charge in [0.15, 0.2) is 9.84 Å². The number of halogens is 6. The molecule has 1 aliphatic carbocycles. The number of carbonyl (C=O) groups is 1. The number of likely N-dealkylation sites (tertiary alicyclic amines) is 1. The van der Waals surface area contributed by atoms with E-state index in [4.69, 9.17) is 0 Å². The van der Waals surface area contributed by atoms with E-state index in [-0.39, 0.29) is 57.3 Å². The van der Waals surface area contributed by atoms with Crippen molar-refractivity contribution in [1.82, 2.24) is 10.2 Å². The van der Waals surface area contributed by atoms with Gasteiger partial charge in [0.2, 0.25) is 5.91 Å². The molecule has 3 rings (SSSR count). The molecular formula is C19H22F6N2O3S. The van der Waals surface area contributed by atoms with Crippen LogP contribution in [0.25, 0.3) is 0 Å². The van der Waals surface area contributed by atoms with Crippen molar-refractivity contribution in [2.45, 2.75) is 54.2 Å². The molecule has 31 heavy (non-hydrogen) atoms. The van der Waals surface area contributed by atoms with Crippen LogP contribution in [0.2, 0.25) is 0 Å². The Morgan fingerprint density at radius 3 is 2.23 bits per heavy atom. The van der Waals surface area contributed by atoms with Gasteiger partial charge >= 0.3 is 12.4 Å². The quantitative estimate of drug-likeness (QED) is 0.668. The van der Waals surface area contributed by atoms with Crippen LogP contribution in [0.3, 0.4) is 0 Å². The third-order valence-corrected chi connectivity index (χ3v) is 8.05. The minimum absolute atomic E-state index is 0.0158. The molecule has 2 aliphatic rings. The Labute approximate surface area is 175 Å². The third-order valence-electron chi connectivity index (χ3n) is 5.88. The zero-order valence-corrected chi connectivity index (χ0v) is 17.2. The fourth-order valence-corrected chi connectivity index (χ4v) is 5.74. The first kappa shape index (κ1) is 23.8. The van der Waals surface area contributed by atoms with Crippen molar-refractivity contribution < 1.29 is 39.6 Å². The number of rotatable bonds is 5. The minimum Gasteiger partial charge on any atom is -0.342 e. The number of alkyl halides is 6. The van der Waals surface area contributed by atoms with Gasteiger partial charge in [-0.25, -0.2) is 8.42 Å². The van der Waals surface area contributed by atoms with Crippen molar-refractivity contribution in [3.63, 3.8) is 0 Å². The van der Waals surface area contributed by atoms with E-state index in [1.807, 2.05) is 0 Å². The van der Waals surface area contributed by atoms with Gasteiger partial charge in [-0.15, -0.1) is 0 Å². The average molecular weight is 472 g/mol. The van der Waals surface area contributed by atoms with Crippen molar-refractivity contribution in [2.24, 2.45) is 5.92 Å². The molecule has 5 nitrogen and oxygen atoms in total. The summed E-state index contributed by atoms with van der Waals surface area (Å²) >= 11 is 0. The van der Waals surface area contributed by atoms with Gasteiger partial charge < -0.3 is 10.2 Å². The number of hydrogen-bond acceptors (Lipinski definition) is 4. The number of amides is 1. The van der Waals surface area contributed by atoms with Gasteiger partial charge in [-0.1, -0.05) is 6.07 Å². The van der Waals surface area contributed by atoms with Crippen LogP contribution in [0.1, 0.15) is 31.2 Å². The maximum atomic E-state index is 12.8. The highest BCUT2D eigenvalue weighted by molar-refractivity contribution is 7.92. The van der Waals surface area contributed by atoms with Crippen molar-refractivity contribution in [1.29, 1.82) is 0 Å². The zero-order valence-electron chi connectivity index (χ0n) is 16.3. The van der Waals surface area contributed by atoms with E-state index in [0.29, 0.717) is 6.07 Å². The highest BCUT2D eigenvalue weighted by Gasteiger charge is 2.43. The largest absolute Gasteiger partial charge is 0.416 e. The number of sulfone groups is 1. The van der Waals surface area contributed by atoms with Crippen molar-refractivity contribution in [2.75, 3.05) is 19.6 Å². The lowest BCUT2D eigenvalue weighted by atomic mass is 9.92. The summed E-state index contributed by atoms with van der Waals surface area (Å²) in [7, 11) is -3.94. The monoisotopic (exact) mass is 472 g/mol. The summed E-state index contributed by atoms with van der Waals surface area (Å²) in [5.41, 5.74) is -1.04. The number of piperidine rings is 1. The molecule has 0 aromatic heterocycles. The molecule has 2 fully saturated rings. The summed E-state index contributed by atoms with van der Waals surface area (Å²) < 4.78 is 102. The Bertz CT molecular complexity index is 902. The van der Waals surface area contributed by atoms with E-state index < -0.39 is 43.8 Å². The van der Waals surface area contributed by atoms with Crippen LogP contribution in [0.15, 0.2) is 29.2 Å². The van der Waals surface area contributed by atoms with Crippen LogP contribution in [0.4, 0.5) is 26.3 Å². The van der Waals surface area contributed by atoms with Crippen LogP contribution in [0.5, 0.6) is 0 Å². The molecule has 0 bridgehead atoms. The molecule has 12 heteroatoms. The third kappa shape index (κ3) is 5.51. The van der Waals surface area contributed by atoms with Crippen molar-refractivity contribution in [3.8, 4) is 0 Å². The van der Waals surface area contributed by atoms with Gasteiger partial charge in [-0.2, -0.15) is 26.3 Å². The topological polar surface area (TPSA) is 66.5 Å². The Kier molecular flexibility index (Phi) is 6.62. The molecule has 1 aromatic rings. The maximum Gasteiger partial charge on any atom is 0.416 e. The van der Waals surface area contributed by atoms with E-state index in [1.54, 1.807) is 0 Å². The van der Waals surface area contributed by atoms with Crippen LogP contribution in [-0.2, 0) is 20.8 Å². The van der Waals surface area contributed by atoms with Gasteiger partial charge in [0.1, 0.15) is 0 Å². The molecule has 0 atom stereocenters. The Hall–Kier alpha value is -1.82. The van der Waals surface area contributed by atoms with E-state index in [1.165, 1.54) is 4.90 Å². The van der Waals surface area contributed by atoms with Crippen molar-refractivity contribution in [3.05, 3.63) is 29.8 Å². The molecule has 1 N–H and O–H groups in total. The predicted octanol–water partition coefficient (Wildman–Crippen LogP) is 3.40. The summed E-state index contributed by atoms with van der Waals surface area (Å²) in [6.45, 7) is -0.0957. The number of hydrogen-bond donors (Lipinski definition) is 1. The molecule has 0 spiro atoms. The van der Waals surface area contributed by atoms with Gasteiger partial charge in [0.25, 0.3) is 0 Å². The highest BCUT2D eigenvalue weighted by atomic mass is 32.2. The molecule has 0 radical (unpaired) electrons. The molecule has 1 amide bonds. The summed E-state index contributed by atoms with van der Waals surface area (Å²) in [4.78, 5) is 13.1. The first-order valence-corrected chi connectivity index (χ1v) is 11.3. The minimum atomic E-state index is -4.65. The Balaban J connectivity index is 1.47. The second-order valence-corrected chi connectivity index (χ2v) is 10.2. The zero-order chi connectivity index (χ0) is 23.0. The van der Waals surface area contributed by atoms with E-state index in [0.717, 1.165) is 18.2 Å². The number of carbonyl (C=O) groups excluding carboxylic acids is 1. The maximum absolute atomic E-state index is 12.8. The van der Waals surface area contributed by atoms with Gasteiger partial charge in [-0.05, 0) is 43.9 Å². The second kappa shape index (κ2) is 8.61. The predicted molar refractivity (Wildman–Crippen MR) is 98.8 cm³/mol. The Morgan fingerprint density at radius 2 is 1.68 bits per heavy atom. The highest BCUT2D eigenvalue weighted by Crippen LogP contribution is 2.36. The molecule has 174 valence electrons. The van der Waals surface area contributed by atoms with Crippen LogP contribution in [0, 0.1) is 5.92 Å². The van der Waals surface area contributed by atoms with Gasteiger partial charge in [0, 0.05) is 19.1 Å². The number of nitrogens with zero attached hydrogens (tertiary/aromatic N) is 1. The SMILES string of the molecule is O=C(CN[C@H]1C[C@H](S(=O)(=O)c2cccc(C(F)(F)F)c2)C1)N1CCC(C(F)(F)F)CC1. The summed E-state index contributed by atoms with van der Waals surface area (Å²) in [5, 5.41) is 2.03. The first-order chi connectivity index (χ1) is 14.3. The van der Waals surface area contributed by atoms with Crippen LogP contribution >= 0.6 is 0 Å². The van der Waals surface area contributed by atoms with Crippen molar-refractivity contribution >= 4 is 15.7 Å². The second-order valence-electron chi connectivity index (χ2n) is 7.94. The summed E-state index contributed by atoms with van der Waals surface area (Å²) in [5.74, 6) is -1.76. The molecule has 0 unspecified atom stereocenters. The fraction of sp³-hybridized carbons (Fsp3) is 0.632. The normalized spacial score (nSPS) is 23.5. The lowest BCUT2D eigenvalue weighted by molar-refractivity contribution is -0.186. The first-order valence-electron chi connectivity index (χ1n) is 9.77. The number of nitrogens with one attached hydrogen (secondary N) is 1. The molecule has 1 saturated carbocycles. The summed E-state index contributed by atoms with van der Waals surface area (Å²) in [6.07, 6.45) is -8.92. The van der Waals surface area contributed by atoms with E-state index >= 15 is 0 Å². The standard InChI is InChI=1S/C19H22F6N2O3S/c20-18(21,22)12-4-6-27(7-5-12)17(28)11-26-14-9-16(10-14)31(29,30)15-3-1-2-13(8-15)19(23,24)25/h1-3,8,12,14,16,26H,4-7,9-11H2/t14-,16-. The van der Waals surface area contributed by atoms with Crippen LogP contribution < -0.4 is 5.32 Å². The smallest absolute Gasteiger partial charge is 0.342 e.